The van der Waals surface area contributed by atoms with Crippen LogP contribution >= 0.6 is 11.3 Å². The van der Waals surface area contributed by atoms with Crippen molar-refractivity contribution < 1.29 is 9.18 Å². The predicted octanol–water partition coefficient (Wildman–Crippen LogP) is 2.79. The summed E-state index contributed by atoms with van der Waals surface area (Å²) in [6, 6.07) is 5.71. The standard InChI is InChI=1S/C18H16FN3O2S/c19-12-7-5-11(6-8-12)9-15(23)21-22-10-20-17-16(18(22)24)13-3-1-2-4-14(13)25-17/h5-8,10H,1-4,9H2,(H,21,23). The Morgan fingerprint density at radius 1 is 1.24 bits per heavy atom. The number of fused-ring (bicyclic) bond motifs is 3. The first-order valence-corrected chi connectivity index (χ1v) is 8.99. The molecule has 0 spiro atoms. The fraction of sp³-hybridized carbons (Fsp3) is 0.278. The maximum absolute atomic E-state index is 12.9. The van der Waals surface area contributed by atoms with Crippen LogP contribution in [0.15, 0.2) is 35.4 Å². The molecule has 0 bridgehead atoms. The summed E-state index contributed by atoms with van der Waals surface area (Å²) in [5.41, 5.74) is 4.10. The first-order valence-electron chi connectivity index (χ1n) is 8.18. The van der Waals surface area contributed by atoms with E-state index in [1.807, 2.05) is 0 Å². The van der Waals surface area contributed by atoms with E-state index in [4.69, 9.17) is 0 Å². The van der Waals surface area contributed by atoms with Crippen LogP contribution in [0.4, 0.5) is 4.39 Å². The quantitative estimate of drug-likeness (QED) is 0.784. The Morgan fingerprint density at radius 2 is 2.00 bits per heavy atom. The van der Waals surface area contributed by atoms with Gasteiger partial charge in [-0.15, -0.1) is 11.3 Å². The van der Waals surface area contributed by atoms with Crippen LogP contribution in [0.2, 0.25) is 0 Å². The van der Waals surface area contributed by atoms with E-state index in [0.29, 0.717) is 10.9 Å². The normalized spacial score (nSPS) is 13.6. The van der Waals surface area contributed by atoms with Crippen LogP contribution in [0.5, 0.6) is 0 Å². The molecule has 2 aromatic heterocycles. The molecule has 3 aromatic rings. The number of aryl methyl sites for hydroxylation is 2. The number of aromatic nitrogens is 2. The summed E-state index contributed by atoms with van der Waals surface area (Å²) >= 11 is 1.57. The molecule has 1 aliphatic rings. The van der Waals surface area contributed by atoms with E-state index >= 15 is 0 Å². The van der Waals surface area contributed by atoms with E-state index in [1.165, 1.54) is 23.3 Å². The third-order valence-corrected chi connectivity index (χ3v) is 5.60. The van der Waals surface area contributed by atoms with Gasteiger partial charge in [0.2, 0.25) is 5.91 Å². The van der Waals surface area contributed by atoms with Crippen LogP contribution < -0.4 is 11.0 Å². The second-order valence-electron chi connectivity index (χ2n) is 6.15. The minimum Gasteiger partial charge on any atom is -0.273 e. The number of carbonyl (C=O) groups is 1. The predicted molar refractivity (Wildman–Crippen MR) is 95.0 cm³/mol. The Balaban J connectivity index is 1.61. The number of rotatable bonds is 3. The molecule has 0 atom stereocenters. The Hall–Kier alpha value is -2.54. The largest absolute Gasteiger partial charge is 0.281 e. The lowest BCUT2D eigenvalue weighted by Crippen LogP contribution is -2.34. The summed E-state index contributed by atoms with van der Waals surface area (Å²) in [6.45, 7) is 0. The highest BCUT2D eigenvalue weighted by atomic mass is 32.1. The second kappa shape index (κ2) is 6.40. The summed E-state index contributed by atoms with van der Waals surface area (Å²) in [4.78, 5) is 31.3. The molecule has 5 nitrogen and oxygen atoms in total. The minimum absolute atomic E-state index is 0.0620. The molecule has 1 aromatic carbocycles. The lowest BCUT2D eigenvalue weighted by atomic mass is 9.97. The molecule has 0 aliphatic heterocycles. The highest BCUT2D eigenvalue weighted by Gasteiger charge is 2.20. The van der Waals surface area contributed by atoms with Gasteiger partial charge in [-0.1, -0.05) is 12.1 Å². The average molecular weight is 357 g/mol. The third kappa shape index (κ3) is 3.07. The number of thiophene rings is 1. The van der Waals surface area contributed by atoms with Gasteiger partial charge in [-0.05, 0) is 48.9 Å². The summed E-state index contributed by atoms with van der Waals surface area (Å²) in [6.07, 6.45) is 5.51. The minimum atomic E-state index is -0.350. The lowest BCUT2D eigenvalue weighted by Gasteiger charge is -2.11. The molecule has 7 heteroatoms. The van der Waals surface area contributed by atoms with Crippen LogP contribution in [-0.2, 0) is 24.1 Å². The van der Waals surface area contributed by atoms with Gasteiger partial charge in [-0.2, -0.15) is 0 Å². The highest BCUT2D eigenvalue weighted by molar-refractivity contribution is 7.18. The Labute approximate surface area is 147 Å². The SMILES string of the molecule is O=C(Cc1ccc(F)cc1)Nn1cnc2sc3c(c2c1=O)CCCC3. The number of hydrogen-bond acceptors (Lipinski definition) is 4. The van der Waals surface area contributed by atoms with Gasteiger partial charge < -0.3 is 0 Å². The molecule has 0 unspecified atom stereocenters. The van der Waals surface area contributed by atoms with Crippen molar-refractivity contribution in [1.82, 2.24) is 9.66 Å². The molecule has 4 rings (SSSR count). The number of nitrogens with zero attached hydrogens (tertiary/aromatic N) is 2. The second-order valence-corrected chi connectivity index (χ2v) is 7.23. The van der Waals surface area contributed by atoms with Gasteiger partial charge >= 0.3 is 0 Å². The maximum Gasteiger partial charge on any atom is 0.281 e. The van der Waals surface area contributed by atoms with Gasteiger partial charge in [-0.3, -0.25) is 15.0 Å². The van der Waals surface area contributed by atoms with Crippen LogP contribution in [0.1, 0.15) is 28.8 Å². The number of halogens is 1. The molecule has 1 aliphatic carbocycles. The van der Waals surface area contributed by atoms with E-state index in [1.54, 1.807) is 23.5 Å². The van der Waals surface area contributed by atoms with Gasteiger partial charge in [0.25, 0.3) is 5.56 Å². The average Bonchev–Trinajstić information content (AvgIpc) is 2.99. The summed E-state index contributed by atoms with van der Waals surface area (Å²) < 4.78 is 14.1. The zero-order valence-electron chi connectivity index (χ0n) is 13.4. The Bertz CT molecular complexity index is 1010. The van der Waals surface area contributed by atoms with Crippen molar-refractivity contribution in [3.05, 3.63) is 62.8 Å². The molecular formula is C18H16FN3O2S. The van der Waals surface area contributed by atoms with E-state index < -0.39 is 0 Å². The van der Waals surface area contributed by atoms with Crippen molar-refractivity contribution >= 4 is 27.5 Å². The summed E-state index contributed by atoms with van der Waals surface area (Å²) in [5.74, 6) is -0.698. The Morgan fingerprint density at radius 3 is 2.80 bits per heavy atom. The van der Waals surface area contributed by atoms with Crippen molar-refractivity contribution in [2.45, 2.75) is 32.1 Å². The van der Waals surface area contributed by atoms with Gasteiger partial charge in [-0.25, -0.2) is 14.1 Å². The van der Waals surface area contributed by atoms with Crippen molar-refractivity contribution in [2.24, 2.45) is 0 Å². The summed E-state index contributed by atoms with van der Waals surface area (Å²) in [7, 11) is 0. The van der Waals surface area contributed by atoms with Crippen LogP contribution in [0, 0.1) is 5.82 Å². The van der Waals surface area contributed by atoms with E-state index in [0.717, 1.165) is 40.8 Å². The molecule has 0 saturated carbocycles. The number of nitrogens with one attached hydrogen (secondary N) is 1. The molecule has 2 heterocycles. The number of amides is 1. The first-order chi connectivity index (χ1) is 12.1. The molecule has 0 radical (unpaired) electrons. The molecule has 1 N–H and O–H groups in total. The van der Waals surface area contributed by atoms with Gasteiger partial charge in [0.1, 0.15) is 17.0 Å². The lowest BCUT2D eigenvalue weighted by molar-refractivity contribution is -0.116. The van der Waals surface area contributed by atoms with Crippen molar-refractivity contribution in [3.8, 4) is 0 Å². The van der Waals surface area contributed by atoms with E-state index in [-0.39, 0.29) is 23.7 Å². The summed E-state index contributed by atoms with van der Waals surface area (Å²) in [5, 5.41) is 0.629. The van der Waals surface area contributed by atoms with E-state index in [2.05, 4.69) is 10.4 Å². The number of benzene rings is 1. The third-order valence-electron chi connectivity index (χ3n) is 4.40. The monoisotopic (exact) mass is 357 g/mol. The topological polar surface area (TPSA) is 64.0 Å². The van der Waals surface area contributed by atoms with Crippen LogP contribution in [-0.4, -0.2) is 15.6 Å². The molecule has 0 fully saturated rings. The van der Waals surface area contributed by atoms with Crippen LogP contribution in [0.25, 0.3) is 10.2 Å². The number of carbonyl (C=O) groups excluding carboxylic acids is 1. The number of hydrogen-bond donors (Lipinski definition) is 1. The molecule has 0 saturated heterocycles. The zero-order valence-corrected chi connectivity index (χ0v) is 14.2. The van der Waals surface area contributed by atoms with Gasteiger partial charge in [0.15, 0.2) is 0 Å². The van der Waals surface area contributed by atoms with E-state index in [9.17, 15) is 14.0 Å². The Kier molecular flexibility index (Phi) is 4.09. The van der Waals surface area contributed by atoms with Crippen LogP contribution in [0.3, 0.4) is 0 Å². The molecular weight excluding hydrogens is 341 g/mol. The maximum atomic E-state index is 12.9. The highest BCUT2D eigenvalue weighted by Crippen LogP contribution is 2.33. The fourth-order valence-electron chi connectivity index (χ4n) is 3.19. The first kappa shape index (κ1) is 16.0. The van der Waals surface area contributed by atoms with Gasteiger partial charge in [0.05, 0.1) is 11.8 Å². The molecule has 1 amide bonds. The van der Waals surface area contributed by atoms with Crippen molar-refractivity contribution in [3.63, 3.8) is 0 Å². The molecule has 25 heavy (non-hydrogen) atoms. The molecule has 128 valence electrons. The van der Waals surface area contributed by atoms with Crippen molar-refractivity contribution in [1.29, 1.82) is 0 Å². The fourth-order valence-corrected chi connectivity index (χ4v) is 4.41. The van der Waals surface area contributed by atoms with Crippen molar-refractivity contribution in [2.75, 3.05) is 5.43 Å². The smallest absolute Gasteiger partial charge is 0.273 e. The van der Waals surface area contributed by atoms with Gasteiger partial charge in [0, 0.05) is 4.88 Å². The zero-order chi connectivity index (χ0) is 17.4.